The molecule has 4 nitrogen and oxygen atoms in total. The van der Waals surface area contributed by atoms with Crippen LogP contribution in [0.2, 0.25) is 0 Å². The normalized spacial score (nSPS) is 23.4. The van der Waals surface area contributed by atoms with Crippen molar-refractivity contribution in [2.24, 2.45) is 5.92 Å². The van der Waals surface area contributed by atoms with E-state index in [1.54, 1.807) is 0 Å². The van der Waals surface area contributed by atoms with Gasteiger partial charge < -0.3 is 14.6 Å². The zero-order valence-electron chi connectivity index (χ0n) is 13.9. The summed E-state index contributed by atoms with van der Waals surface area (Å²) in [4.78, 5) is 0. The van der Waals surface area contributed by atoms with Crippen LogP contribution in [0.15, 0.2) is 10.6 Å². The molecular weight excluding hydrogens is 264 g/mol. The van der Waals surface area contributed by atoms with Crippen molar-refractivity contribution in [2.75, 3.05) is 0 Å². The molecule has 1 aliphatic rings. The molecule has 1 N–H and O–H groups in total. The lowest BCUT2D eigenvalue weighted by molar-refractivity contribution is -0.00711. The van der Waals surface area contributed by atoms with E-state index in [0.717, 1.165) is 23.9 Å². The number of nitrogens with one attached hydrogen (secondary N) is 1. The Morgan fingerprint density at radius 2 is 2.19 bits per heavy atom. The summed E-state index contributed by atoms with van der Waals surface area (Å²) in [6.07, 6.45) is 6.70. The standard InChI is InChI=1S/C17H30N2O2/c1-5-13-7-6-8-15(9-13)20-12-16-10-14(19-21-16)11-18-17(2,3)4/h10,13,15,18H,5-9,11-12H2,1-4H3. The Bertz CT molecular complexity index is 423. The summed E-state index contributed by atoms with van der Waals surface area (Å²) in [5.41, 5.74) is 1.03. The number of hydrogen-bond donors (Lipinski definition) is 1. The molecule has 1 saturated carbocycles. The Morgan fingerprint density at radius 3 is 2.90 bits per heavy atom. The summed E-state index contributed by atoms with van der Waals surface area (Å²) >= 11 is 0. The third-order valence-electron chi connectivity index (χ3n) is 4.18. The maximum atomic E-state index is 6.01. The quantitative estimate of drug-likeness (QED) is 0.860. The van der Waals surface area contributed by atoms with Crippen LogP contribution in [0.25, 0.3) is 0 Å². The average Bonchev–Trinajstić information content (AvgIpc) is 2.90. The van der Waals surface area contributed by atoms with Crippen LogP contribution in [-0.2, 0) is 17.9 Å². The van der Waals surface area contributed by atoms with Crippen LogP contribution in [0.4, 0.5) is 0 Å². The lowest BCUT2D eigenvalue weighted by Crippen LogP contribution is -2.35. The van der Waals surface area contributed by atoms with E-state index in [1.165, 1.54) is 32.1 Å². The van der Waals surface area contributed by atoms with Crippen molar-refractivity contribution in [2.45, 2.75) is 84.6 Å². The fourth-order valence-electron chi connectivity index (χ4n) is 2.83. The molecule has 4 heteroatoms. The van der Waals surface area contributed by atoms with E-state index in [-0.39, 0.29) is 5.54 Å². The van der Waals surface area contributed by atoms with Crippen molar-refractivity contribution < 1.29 is 9.26 Å². The summed E-state index contributed by atoms with van der Waals surface area (Å²) < 4.78 is 11.4. The van der Waals surface area contributed by atoms with Gasteiger partial charge in [0, 0.05) is 18.2 Å². The van der Waals surface area contributed by atoms with Crippen LogP contribution in [-0.4, -0.2) is 16.8 Å². The average molecular weight is 294 g/mol. The molecular formula is C17H30N2O2. The van der Waals surface area contributed by atoms with E-state index < -0.39 is 0 Å². The zero-order chi connectivity index (χ0) is 15.3. The van der Waals surface area contributed by atoms with Gasteiger partial charge in [-0.15, -0.1) is 0 Å². The van der Waals surface area contributed by atoms with Gasteiger partial charge >= 0.3 is 0 Å². The molecule has 0 bridgehead atoms. The Morgan fingerprint density at radius 1 is 1.38 bits per heavy atom. The highest BCUT2D eigenvalue weighted by Gasteiger charge is 2.21. The van der Waals surface area contributed by atoms with Gasteiger partial charge in [0.25, 0.3) is 0 Å². The number of hydrogen-bond acceptors (Lipinski definition) is 4. The van der Waals surface area contributed by atoms with E-state index in [1.807, 2.05) is 6.07 Å². The highest BCUT2D eigenvalue weighted by Crippen LogP contribution is 2.28. The minimum absolute atomic E-state index is 0.0902. The molecule has 2 atom stereocenters. The molecule has 2 rings (SSSR count). The lowest BCUT2D eigenvalue weighted by atomic mass is 9.85. The van der Waals surface area contributed by atoms with E-state index in [2.05, 4.69) is 38.2 Å². The summed E-state index contributed by atoms with van der Waals surface area (Å²) in [6.45, 7) is 9.98. The van der Waals surface area contributed by atoms with Crippen LogP contribution in [0.5, 0.6) is 0 Å². The smallest absolute Gasteiger partial charge is 0.162 e. The summed E-state index contributed by atoms with van der Waals surface area (Å²) in [5, 5.41) is 7.50. The molecule has 1 fully saturated rings. The van der Waals surface area contributed by atoms with E-state index in [0.29, 0.717) is 12.7 Å². The Labute approximate surface area is 128 Å². The third-order valence-corrected chi connectivity index (χ3v) is 4.18. The highest BCUT2D eigenvalue weighted by atomic mass is 16.5. The summed E-state index contributed by atoms with van der Waals surface area (Å²) in [7, 11) is 0. The lowest BCUT2D eigenvalue weighted by Gasteiger charge is -2.28. The Balaban J connectivity index is 1.75. The van der Waals surface area contributed by atoms with Gasteiger partial charge in [-0.2, -0.15) is 0 Å². The van der Waals surface area contributed by atoms with Crippen molar-refractivity contribution in [1.82, 2.24) is 10.5 Å². The van der Waals surface area contributed by atoms with E-state index in [4.69, 9.17) is 9.26 Å². The third kappa shape index (κ3) is 5.79. The Hall–Kier alpha value is -0.870. The summed E-state index contributed by atoms with van der Waals surface area (Å²) in [5.74, 6) is 1.67. The van der Waals surface area contributed by atoms with Crippen molar-refractivity contribution in [3.8, 4) is 0 Å². The van der Waals surface area contributed by atoms with Crippen LogP contribution in [0, 0.1) is 5.92 Å². The molecule has 120 valence electrons. The molecule has 1 aromatic rings. The molecule has 1 heterocycles. The zero-order valence-corrected chi connectivity index (χ0v) is 13.9. The van der Waals surface area contributed by atoms with Gasteiger partial charge in [-0.3, -0.25) is 0 Å². The molecule has 0 spiro atoms. The highest BCUT2D eigenvalue weighted by molar-refractivity contribution is 5.04. The molecule has 2 unspecified atom stereocenters. The minimum atomic E-state index is 0.0902. The topological polar surface area (TPSA) is 47.3 Å². The first-order valence-corrected chi connectivity index (χ1v) is 8.27. The molecule has 21 heavy (non-hydrogen) atoms. The van der Waals surface area contributed by atoms with Gasteiger partial charge in [0.05, 0.1) is 11.8 Å². The number of rotatable bonds is 6. The van der Waals surface area contributed by atoms with Crippen molar-refractivity contribution in [3.05, 3.63) is 17.5 Å². The van der Waals surface area contributed by atoms with Crippen molar-refractivity contribution >= 4 is 0 Å². The first kappa shape index (κ1) is 16.5. The second-order valence-electron chi connectivity index (χ2n) is 7.26. The molecule has 0 radical (unpaired) electrons. The van der Waals surface area contributed by atoms with Gasteiger partial charge in [0.1, 0.15) is 6.61 Å². The number of aromatic nitrogens is 1. The first-order chi connectivity index (χ1) is 9.96. The minimum Gasteiger partial charge on any atom is -0.370 e. The summed E-state index contributed by atoms with van der Waals surface area (Å²) in [6, 6.07) is 2.00. The monoisotopic (exact) mass is 294 g/mol. The van der Waals surface area contributed by atoms with Crippen molar-refractivity contribution in [1.29, 1.82) is 0 Å². The molecule has 0 saturated heterocycles. The predicted octanol–water partition coefficient (Wildman–Crippen LogP) is 4.05. The molecule has 0 aromatic carbocycles. The van der Waals surface area contributed by atoms with Crippen LogP contribution >= 0.6 is 0 Å². The number of ether oxygens (including phenoxy) is 1. The van der Waals surface area contributed by atoms with E-state index >= 15 is 0 Å². The molecule has 1 aromatic heterocycles. The molecule has 1 aliphatic carbocycles. The van der Waals surface area contributed by atoms with Gasteiger partial charge in [0.2, 0.25) is 0 Å². The molecule has 0 aliphatic heterocycles. The van der Waals surface area contributed by atoms with Gasteiger partial charge in [-0.05, 0) is 39.5 Å². The van der Waals surface area contributed by atoms with E-state index in [9.17, 15) is 0 Å². The SMILES string of the molecule is CCC1CCCC(OCc2cc(CNC(C)(C)C)no2)C1. The fraction of sp³-hybridized carbons (Fsp3) is 0.824. The predicted molar refractivity (Wildman–Crippen MR) is 83.9 cm³/mol. The maximum Gasteiger partial charge on any atom is 0.162 e. The largest absolute Gasteiger partial charge is 0.370 e. The number of nitrogens with zero attached hydrogens (tertiary/aromatic N) is 1. The van der Waals surface area contributed by atoms with Gasteiger partial charge in [-0.1, -0.05) is 31.3 Å². The fourth-order valence-corrected chi connectivity index (χ4v) is 2.83. The van der Waals surface area contributed by atoms with Crippen LogP contribution < -0.4 is 5.32 Å². The van der Waals surface area contributed by atoms with Gasteiger partial charge in [-0.25, -0.2) is 0 Å². The Kier molecular flexibility index (Phi) is 5.82. The van der Waals surface area contributed by atoms with Gasteiger partial charge in [0.15, 0.2) is 5.76 Å². The van der Waals surface area contributed by atoms with Crippen molar-refractivity contribution in [3.63, 3.8) is 0 Å². The first-order valence-electron chi connectivity index (χ1n) is 8.27. The second-order valence-corrected chi connectivity index (χ2v) is 7.26. The van der Waals surface area contributed by atoms with Crippen LogP contribution in [0.3, 0.4) is 0 Å². The maximum absolute atomic E-state index is 6.01. The second kappa shape index (κ2) is 7.41. The van der Waals surface area contributed by atoms with Crippen LogP contribution in [0.1, 0.15) is 71.3 Å². The molecule has 0 amide bonds.